The van der Waals surface area contributed by atoms with E-state index < -0.39 is 0 Å². The Hall–Kier alpha value is -0.980. The fourth-order valence-electron chi connectivity index (χ4n) is 1.69. The number of rotatable bonds is 3. The molecule has 0 amide bonds. The number of isothiocyanates is 1. The van der Waals surface area contributed by atoms with Crippen LogP contribution in [-0.2, 0) is 0 Å². The Kier molecular flexibility index (Phi) is 4.19. The van der Waals surface area contributed by atoms with Gasteiger partial charge in [-0.3, -0.25) is 0 Å². The van der Waals surface area contributed by atoms with E-state index in [1.54, 1.807) is 0 Å². The van der Waals surface area contributed by atoms with Gasteiger partial charge in [-0.15, -0.1) is 0 Å². The van der Waals surface area contributed by atoms with E-state index in [1.807, 2.05) is 0 Å². The predicted octanol–water partition coefficient (Wildman–Crippen LogP) is 4.67. The number of hydrogen-bond donors (Lipinski definition) is 0. The normalized spacial score (nSPS) is 10.5. The van der Waals surface area contributed by atoms with Crippen molar-refractivity contribution in [1.82, 2.24) is 0 Å². The molecule has 0 aliphatic rings. The zero-order valence-corrected chi connectivity index (χ0v) is 10.6. The van der Waals surface area contributed by atoms with E-state index in [9.17, 15) is 0 Å². The first kappa shape index (κ1) is 12.1. The smallest absolute Gasteiger partial charge is 0.0808 e. The Balaban J connectivity index is 3.41. The van der Waals surface area contributed by atoms with Crippen molar-refractivity contribution in [2.75, 3.05) is 0 Å². The van der Waals surface area contributed by atoms with E-state index in [0.29, 0.717) is 11.8 Å². The predicted molar refractivity (Wildman–Crippen MR) is 69.3 cm³/mol. The van der Waals surface area contributed by atoms with E-state index >= 15 is 0 Å². The molecule has 2 heteroatoms. The molecule has 0 N–H and O–H groups in total. The molecule has 0 fully saturated rings. The lowest BCUT2D eigenvalue weighted by Crippen LogP contribution is -1.94. The molecule has 0 aliphatic carbocycles. The van der Waals surface area contributed by atoms with E-state index in [-0.39, 0.29) is 0 Å². The first-order chi connectivity index (χ1) is 7.07. The van der Waals surface area contributed by atoms with Crippen molar-refractivity contribution in [3.63, 3.8) is 0 Å². The van der Waals surface area contributed by atoms with E-state index in [1.165, 1.54) is 11.1 Å². The van der Waals surface area contributed by atoms with Gasteiger partial charge in [0.15, 0.2) is 0 Å². The van der Waals surface area contributed by atoms with Crippen LogP contribution >= 0.6 is 12.2 Å². The van der Waals surface area contributed by atoms with Crippen molar-refractivity contribution in [2.24, 2.45) is 4.99 Å². The molecule has 0 aliphatic heterocycles. The van der Waals surface area contributed by atoms with Gasteiger partial charge in [0, 0.05) is 0 Å². The summed E-state index contributed by atoms with van der Waals surface area (Å²) < 4.78 is 0. The number of aliphatic imine (C=N–C) groups is 1. The van der Waals surface area contributed by atoms with Crippen LogP contribution in [-0.4, -0.2) is 5.16 Å². The van der Waals surface area contributed by atoms with Gasteiger partial charge in [-0.1, -0.05) is 45.9 Å². The lowest BCUT2D eigenvalue weighted by molar-refractivity contribution is 0.835. The Labute approximate surface area is 97.2 Å². The van der Waals surface area contributed by atoms with Crippen LogP contribution in [0.15, 0.2) is 23.2 Å². The highest BCUT2D eigenvalue weighted by molar-refractivity contribution is 7.78. The fourth-order valence-corrected chi connectivity index (χ4v) is 1.78. The number of para-hydroxylation sites is 1. The summed E-state index contributed by atoms with van der Waals surface area (Å²) in [6.07, 6.45) is 0. The van der Waals surface area contributed by atoms with Gasteiger partial charge < -0.3 is 0 Å². The van der Waals surface area contributed by atoms with Gasteiger partial charge in [-0.05, 0) is 35.2 Å². The van der Waals surface area contributed by atoms with E-state index in [4.69, 9.17) is 12.2 Å². The maximum absolute atomic E-state index is 4.71. The Bertz CT molecular complexity index is 361. The third-order valence-corrected chi connectivity index (χ3v) is 2.59. The first-order valence-corrected chi connectivity index (χ1v) is 5.69. The molecule has 0 spiro atoms. The molecule has 0 heterocycles. The van der Waals surface area contributed by atoms with Crippen LogP contribution < -0.4 is 0 Å². The molecule has 0 unspecified atom stereocenters. The minimum atomic E-state index is 0.464. The molecule has 0 atom stereocenters. The van der Waals surface area contributed by atoms with Gasteiger partial charge in [-0.25, -0.2) is 0 Å². The fraction of sp³-hybridized carbons (Fsp3) is 0.462. The Morgan fingerprint density at radius 1 is 1.07 bits per heavy atom. The molecule has 1 rings (SSSR count). The van der Waals surface area contributed by atoms with Gasteiger partial charge in [0.25, 0.3) is 0 Å². The van der Waals surface area contributed by atoms with Crippen molar-refractivity contribution in [3.05, 3.63) is 29.3 Å². The summed E-state index contributed by atoms with van der Waals surface area (Å²) in [6, 6.07) is 6.32. The molecule has 80 valence electrons. The van der Waals surface area contributed by atoms with Gasteiger partial charge in [0.1, 0.15) is 0 Å². The van der Waals surface area contributed by atoms with E-state index in [2.05, 4.69) is 56.0 Å². The van der Waals surface area contributed by atoms with Crippen molar-refractivity contribution in [1.29, 1.82) is 0 Å². The van der Waals surface area contributed by atoms with Crippen LogP contribution in [0.3, 0.4) is 0 Å². The highest BCUT2D eigenvalue weighted by Crippen LogP contribution is 2.34. The van der Waals surface area contributed by atoms with Crippen molar-refractivity contribution in [2.45, 2.75) is 39.5 Å². The second-order valence-corrected chi connectivity index (χ2v) is 4.48. The molecule has 0 aromatic heterocycles. The third-order valence-electron chi connectivity index (χ3n) is 2.50. The monoisotopic (exact) mass is 219 g/mol. The van der Waals surface area contributed by atoms with Crippen molar-refractivity contribution in [3.8, 4) is 0 Å². The van der Waals surface area contributed by atoms with Crippen molar-refractivity contribution < 1.29 is 0 Å². The van der Waals surface area contributed by atoms with E-state index in [0.717, 1.165) is 5.69 Å². The largest absolute Gasteiger partial charge is 0.194 e. The molecule has 15 heavy (non-hydrogen) atoms. The Morgan fingerprint density at radius 2 is 1.53 bits per heavy atom. The van der Waals surface area contributed by atoms with Crippen LogP contribution in [0.5, 0.6) is 0 Å². The van der Waals surface area contributed by atoms with Gasteiger partial charge in [-0.2, -0.15) is 4.99 Å². The minimum absolute atomic E-state index is 0.464. The molecule has 1 aromatic carbocycles. The molecule has 0 saturated carbocycles. The lowest BCUT2D eigenvalue weighted by Gasteiger charge is -2.15. The molecular formula is C13H17NS. The average molecular weight is 219 g/mol. The SMILES string of the molecule is CC(C)c1cccc(C(C)C)c1N=C=S. The summed E-state index contributed by atoms with van der Waals surface area (Å²) >= 11 is 4.71. The molecule has 1 aromatic rings. The zero-order chi connectivity index (χ0) is 11.4. The van der Waals surface area contributed by atoms with Crippen LogP contribution in [0.2, 0.25) is 0 Å². The quantitative estimate of drug-likeness (QED) is 0.531. The summed E-state index contributed by atoms with van der Waals surface area (Å²) in [5, 5.41) is 2.48. The number of thiocarbonyl (C=S) groups is 1. The third kappa shape index (κ3) is 2.74. The molecule has 0 bridgehead atoms. The Morgan fingerprint density at radius 3 is 1.87 bits per heavy atom. The zero-order valence-electron chi connectivity index (χ0n) is 9.74. The number of nitrogens with zero attached hydrogens (tertiary/aromatic N) is 1. The van der Waals surface area contributed by atoms with Gasteiger partial charge in [0.2, 0.25) is 0 Å². The average Bonchev–Trinajstić information content (AvgIpc) is 2.17. The van der Waals surface area contributed by atoms with Crippen LogP contribution in [0, 0.1) is 0 Å². The standard InChI is InChI=1S/C13H17NS/c1-9(2)11-6-5-7-12(10(3)4)13(11)14-8-15/h5-7,9-10H,1-4H3. The molecule has 0 radical (unpaired) electrons. The second kappa shape index (κ2) is 5.20. The van der Waals surface area contributed by atoms with Crippen LogP contribution in [0.4, 0.5) is 5.69 Å². The molecule has 0 saturated heterocycles. The van der Waals surface area contributed by atoms with Crippen LogP contribution in [0.25, 0.3) is 0 Å². The topological polar surface area (TPSA) is 12.4 Å². The molecule has 1 nitrogen and oxygen atoms in total. The number of benzene rings is 1. The van der Waals surface area contributed by atoms with Gasteiger partial charge in [0.05, 0.1) is 10.8 Å². The summed E-state index contributed by atoms with van der Waals surface area (Å²) in [5.41, 5.74) is 3.51. The van der Waals surface area contributed by atoms with Crippen molar-refractivity contribution >= 4 is 23.1 Å². The summed E-state index contributed by atoms with van der Waals surface area (Å²) in [4.78, 5) is 4.21. The second-order valence-electron chi connectivity index (χ2n) is 4.30. The summed E-state index contributed by atoms with van der Waals surface area (Å²) in [7, 11) is 0. The lowest BCUT2D eigenvalue weighted by atomic mass is 9.93. The highest BCUT2D eigenvalue weighted by Gasteiger charge is 2.12. The van der Waals surface area contributed by atoms with Gasteiger partial charge >= 0.3 is 0 Å². The molecular weight excluding hydrogens is 202 g/mol. The highest BCUT2D eigenvalue weighted by atomic mass is 32.1. The first-order valence-electron chi connectivity index (χ1n) is 5.28. The van der Waals surface area contributed by atoms with Crippen LogP contribution in [0.1, 0.15) is 50.7 Å². The maximum Gasteiger partial charge on any atom is 0.0808 e. The minimum Gasteiger partial charge on any atom is -0.194 e. The summed E-state index contributed by atoms with van der Waals surface area (Å²) in [6.45, 7) is 8.67. The summed E-state index contributed by atoms with van der Waals surface area (Å²) in [5.74, 6) is 0.927. The number of hydrogen-bond acceptors (Lipinski definition) is 2. The maximum atomic E-state index is 4.71.